The number of carbonyl (C=O) groups excluding carboxylic acids is 1. The summed E-state index contributed by atoms with van der Waals surface area (Å²) in [5.74, 6) is -0.0147. The summed E-state index contributed by atoms with van der Waals surface area (Å²) in [5.41, 5.74) is 3.27. The lowest BCUT2D eigenvalue weighted by molar-refractivity contribution is -0.128. The van der Waals surface area contributed by atoms with Crippen molar-refractivity contribution in [3.8, 4) is 5.75 Å². The summed E-state index contributed by atoms with van der Waals surface area (Å²) in [5, 5.41) is 0.660. The van der Waals surface area contributed by atoms with E-state index >= 15 is 0 Å². The van der Waals surface area contributed by atoms with Crippen molar-refractivity contribution in [2.45, 2.75) is 6.92 Å². The molecular weight excluding hydrogens is 438 g/mol. The topological polar surface area (TPSA) is 38.7 Å². The lowest BCUT2D eigenvalue weighted by Crippen LogP contribution is -2.05. The van der Waals surface area contributed by atoms with Crippen molar-refractivity contribution in [3.05, 3.63) is 99.0 Å². The number of hydrogen-bond acceptors (Lipinski definition) is 3. The van der Waals surface area contributed by atoms with Crippen LogP contribution in [-0.4, -0.2) is 12.2 Å². The smallest absolute Gasteiger partial charge is 0.336 e. The second-order valence-electron chi connectivity index (χ2n) is 5.99. The van der Waals surface area contributed by atoms with E-state index in [2.05, 4.69) is 20.9 Å². The van der Waals surface area contributed by atoms with Gasteiger partial charge in [0.2, 0.25) is 0 Å². The molecule has 0 radical (unpaired) electrons. The number of nitrogens with zero attached hydrogens (tertiary/aromatic N) is 1. The number of para-hydroxylation sites is 1. The van der Waals surface area contributed by atoms with E-state index in [0.717, 1.165) is 21.3 Å². The molecular formula is C23H17BrClNO2. The van der Waals surface area contributed by atoms with Crippen molar-refractivity contribution in [1.82, 2.24) is 0 Å². The van der Waals surface area contributed by atoms with E-state index in [1.54, 1.807) is 18.4 Å². The van der Waals surface area contributed by atoms with E-state index in [1.807, 2.05) is 67.6 Å². The maximum Gasteiger partial charge on any atom is 0.336 e. The van der Waals surface area contributed by atoms with Gasteiger partial charge < -0.3 is 4.74 Å². The van der Waals surface area contributed by atoms with Crippen molar-refractivity contribution in [2.24, 2.45) is 4.99 Å². The van der Waals surface area contributed by atoms with Gasteiger partial charge in [0.25, 0.3) is 0 Å². The molecule has 0 bridgehead atoms. The van der Waals surface area contributed by atoms with Crippen LogP contribution in [0.1, 0.15) is 16.7 Å². The summed E-state index contributed by atoms with van der Waals surface area (Å²) >= 11 is 9.52. The molecule has 0 atom stereocenters. The van der Waals surface area contributed by atoms with Crippen molar-refractivity contribution in [3.63, 3.8) is 0 Å². The van der Waals surface area contributed by atoms with E-state index in [-0.39, 0.29) is 0 Å². The normalized spacial score (nSPS) is 11.2. The first kappa shape index (κ1) is 20.1. The fourth-order valence-corrected chi connectivity index (χ4v) is 2.87. The van der Waals surface area contributed by atoms with Gasteiger partial charge in [-0.2, -0.15) is 0 Å². The van der Waals surface area contributed by atoms with Gasteiger partial charge in [0, 0.05) is 27.3 Å². The molecule has 3 aromatic rings. The molecule has 0 heterocycles. The van der Waals surface area contributed by atoms with E-state index in [4.69, 9.17) is 16.3 Å². The first-order valence-electron chi connectivity index (χ1n) is 8.56. The Bertz CT molecular complexity index is 1040. The minimum atomic E-state index is -0.456. The van der Waals surface area contributed by atoms with Crippen LogP contribution in [-0.2, 0) is 4.79 Å². The van der Waals surface area contributed by atoms with Gasteiger partial charge in [-0.05, 0) is 60.5 Å². The molecule has 0 saturated carbocycles. The van der Waals surface area contributed by atoms with Gasteiger partial charge in [-0.1, -0.05) is 57.9 Å². The fraction of sp³-hybridized carbons (Fsp3) is 0.0435. The Morgan fingerprint density at radius 3 is 2.57 bits per heavy atom. The maximum atomic E-state index is 12.2. The third kappa shape index (κ3) is 5.41. The molecule has 140 valence electrons. The molecule has 0 aliphatic carbocycles. The average molecular weight is 455 g/mol. The van der Waals surface area contributed by atoms with Crippen LogP contribution in [0.15, 0.2) is 82.3 Å². The van der Waals surface area contributed by atoms with Crippen LogP contribution in [0.5, 0.6) is 5.75 Å². The molecule has 3 aromatic carbocycles. The Labute approximate surface area is 177 Å². The second-order valence-corrected chi connectivity index (χ2v) is 7.31. The zero-order valence-electron chi connectivity index (χ0n) is 15.1. The van der Waals surface area contributed by atoms with Gasteiger partial charge in [0.1, 0.15) is 5.75 Å². The van der Waals surface area contributed by atoms with Gasteiger partial charge >= 0.3 is 5.97 Å². The number of esters is 1. The van der Waals surface area contributed by atoms with Crippen molar-refractivity contribution in [2.75, 3.05) is 0 Å². The third-order valence-electron chi connectivity index (χ3n) is 3.99. The Balaban J connectivity index is 1.74. The highest BCUT2D eigenvalue weighted by molar-refractivity contribution is 9.10. The van der Waals surface area contributed by atoms with E-state index < -0.39 is 5.97 Å². The Kier molecular flexibility index (Phi) is 6.80. The summed E-state index contributed by atoms with van der Waals surface area (Å²) in [6.45, 7) is 1.91. The summed E-state index contributed by atoms with van der Waals surface area (Å²) in [4.78, 5) is 16.7. The number of ether oxygens (including phenoxy) is 1. The monoisotopic (exact) mass is 453 g/mol. The van der Waals surface area contributed by atoms with Gasteiger partial charge in [0.15, 0.2) is 0 Å². The van der Waals surface area contributed by atoms with E-state index in [1.165, 1.54) is 6.08 Å². The number of halogens is 2. The van der Waals surface area contributed by atoms with Crippen molar-refractivity contribution >= 4 is 51.5 Å². The van der Waals surface area contributed by atoms with Crippen molar-refractivity contribution in [1.29, 1.82) is 0 Å². The molecule has 0 spiro atoms. The molecule has 0 aromatic heterocycles. The molecule has 0 aliphatic rings. The SMILES string of the molecule is Cc1c(Cl)cccc1N=Cc1ccccc1OC(=O)/C=C/c1ccc(Br)cc1. The highest BCUT2D eigenvalue weighted by Gasteiger charge is 2.06. The quantitative estimate of drug-likeness (QED) is 0.184. The maximum absolute atomic E-state index is 12.2. The molecule has 5 heteroatoms. The predicted molar refractivity (Wildman–Crippen MR) is 119 cm³/mol. The Morgan fingerprint density at radius 1 is 1.04 bits per heavy atom. The molecule has 0 aliphatic heterocycles. The van der Waals surface area contributed by atoms with Crippen LogP contribution in [0.25, 0.3) is 6.08 Å². The van der Waals surface area contributed by atoms with Crippen LogP contribution in [0.4, 0.5) is 5.69 Å². The standard InChI is InChI=1S/C23H17BrClNO2/c1-16-20(25)6-4-7-21(16)26-15-18-5-2-3-8-22(18)28-23(27)14-11-17-9-12-19(24)13-10-17/h2-15H,1H3/b14-11+,26-15?. The highest BCUT2D eigenvalue weighted by atomic mass is 79.9. The van der Waals surface area contributed by atoms with Crippen LogP contribution in [0.2, 0.25) is 5.02 Å². The van der Waals surface area contributed by atoms with Gasteiger partial charge in [0.05, 0.1) is 5.69 Å². The zero-order valence-corrected chi connectivity index (χ0v) is 17.4. The molecule has 28 heavy (non-hydrogen) atoms. The Hall–Kier alpha value is -2.69. The largest absolute Gasteiger partial charge is 0.423 e. The fourth-order valence-electron chi connectivity index (χ4n) is 2.44. The molecule has 0 N–H and O–H groups in total. The van der Waals surface area contributed by atoms with Gasteiger partial charge in [-0.25, -0.2) is 4.79 Å². The third-order valence-corrected chi connectivity index (χ3v) is 4.93. The molecule has 0 saturated heterocycles. The van der Waals surface area contributed by atoms with Gasteiger partial charge in [-0.15, -0.1) is 0 Å². The molecule has 3 nitrogen and oxygen atoms in total. The minimum absolute atomic E-state index is 0.441. The van der Waals surface area contributed by atoms with Crippen LogP contribution >= 0.6 is 27.5 Å². The van der Waals surface area contributed by atoms with Crippen LogP contribution in [0, 0.1) is 6.92 Å². The Morgan fingerprint density at radius 2 is 1.79 bits per heavy atom. The van der Waals surface area contributed by atoms with E-state index in [0.29, 0.717) is 16.3 Å². The zero-order chi connectivity index (χ0) is 19.9. The van der Waals surface area contributed by atoms with E-state index in [9.17, 15) is 4.79 Å². The summed E-state index contributed by atoms with van der Waals surface area (Å²) in [6, 6.07) is 20.4. The first-order valence-corrected chi connectivity index (χ1v) is 9.74. The molecule has 0 fully saturated rings. The lowest BCUT2D eigenvalue weighted by atomic mass is 10.2. The highest BCUT2D eigenvalue weighted by Crippen LogP contribution is 2.26. The summed E-state index contributed by atoms with van der Waals surface area (Å²) < 4.78 is 6.46. The van der Waals surface area contributed by atoms with Gasteiger partial charge in [-0.3, -0.25) is 4.99 Å². The number of carbonyl (C=O) groups is 1. The van der Waals surface area contributed by atoms with Crippen LogP contribution in [0.3, 0.4) is 0 Å². The molecule has 0 unspecified atom stereocenters. The summed E-state index contributed by atoms with van der Waals surface area (Å²) in [7, 11) is 0. The number of benzene rings is 3. The number of rotatable bonds is 5. The number of aliphatic imine (C=N–C) groups is 1. The summed E-state index contributed by atoms with van der Waals surface area (Å²) in [6.07, 6.45) is 4.78. The average Bonchev–Trinajstić information content (AvgIpc) is 2.70. The minimum Gasteiger partial charge on any atom is -0.423 e. The van der Waals surface area contributed by atoms with Crippen LogP contribution < -0.4 is 4.74 Å². The number of hydrogen-bond donors (Lipinski definition) is 0. The first-order chi connectivity index (χ1) is 13.5. The predicted octanol–water partition coefficient (Wildman–Crippen LogP) is 6.78. The lowest BCUT2D eigenvalue weighted by Gasteiger charge is -2.06. The molecule has 3 rings (SSSR count). The molecule has 0 amide bonds. The van der Waals surface area contributed by atoms with Crippen molar-refractivity contribution < 1.29 is 9.53 Å². The second kappa shape index (κ2) is 9.49.